The van der Waals surface area contributed by atoms with Crippen molar-refractivity contribution in [3.8, 4) is 0 Å². The molecule has 15 heterocycles. The zero-order valence-electron chi connectivity index (χ0n) is 66.2. The molecule has 0 amide bonds. The summed E-state index contributed by atoms with van der Waals surface area (Å²) in [6.07, 6.45) is -19.7. The molecule has 0 radical (unpaired) electrons. The van der Waals surface area contributed by atoms with Crippen molar-refractivity contribution in [2.24, 2.45) is 0 Å². The Morgan fingerprint density at radius 1 is 0.480 bits per heavy atom. The second-order valence-electron chi connectivity index (χ2n) is 29.3. The molecule has 7 aliphatic heterocycles. The Bertz CT molecular complexity index is 5780. The van der Waals surface area contributed by atoms with Gasteiger partial charge in [0.25, 0.3) is 16.7 Å². The van der Waals surface area contributed by atoms with Crippen LogP contribution in [0.15, 0.2) is 61.7 Å². The predicted molar refractivity (Wildman–Crippen MR) is 435 cm³/mol. The number of H-pyrrole nitrogens is 3. The number of methoxy groups -OCH3 is 3. The van der Waals surface area contributed by atoms with E-state index in [1.165, 1.54) is 86.6 Å². The SMILES string of the molecule is CC[C@H]1O[C@@H](n2cnc3c(=O)[nH]c(N)nc32)C(OCCOC)[C@H]1OP(O)(=S)OC[C@]12O[C@@H](n3cnc4c(N)ncnc43)C(O[C@H]1C)[C@H]2OP(O)(=S)OC[C@H]1O[C@@H](n2cnc3c(=O)[nH]c(N)nc32)C(OCCOC)[C@H]1OP(O)(=S)OC[C@]12OC(n3cc(C)c(=O)[nH]c3=O)C(O[C@H]1C)[C@H]2OP(O)(=S)OC[C@H]1O[C@@H](n2cc(C)c(N)nc2=O)C(OCCOC)[C@H]1O. The van der Waals surface area contributed by atoms with Crippen LogP contribution in [0.2, 0.25) is 0 Å². The summed E-state index contributed by atoms with van der Waals surface area (Å²) in [5.41, 5.74) is 16.6. The molecule has 16 N–H and O–H groups in total. The molecule has 674 valence electrons. The molecule has 0 spiro atoms. The largest absolute Gasteiger partial charge is 0.387 e. The molecule has 0 aromatic carbocycles. The van der Waals surface area contributed by atoms with Gasteiger partial charge in [-0.1, -0.05) is 6.92 Å². The molecule has 59 heteroatoms. The highest BCUT2D eigenvalue weighted by atomic mass is 32.5. The molecule has 8 aromatic rings. The van der Waals surface area contributed by atoms with Crippen LogP contribution in [0, 0.1) is 13.8 Å². The van der Waals surface area contributed by atoms with Crippen LogP contribution < -0.4 is 51.0 Å². The minimum atomic E-state index is -4.97. The van der Waals surface area contributed by atoms with E-state index >= 15 is 0 Å². The molecule has 51 nitrogen and oxygen atoms in total. The maximum Gasteiger partial charge on any atom is 0.351 e. The Balaban J connectivity index is 0.718. The summed E-state index contributed by atoms with van der Waals surface area (Å²) in [4.78, 5) is 157. The average molecular weight is 1890 g/mol. The molecule has 4 bridgehead atoms. The highest BCUT2D eigenvalue weighted by molar-refractivity contribution is 8.08. The fourth-order valence-corrected chi connectivity index (χ4v) is 21.4. The Labute approximate surface area is 713 Å². The minimum Gasteiger partial charge on any atom is -0.387 e. The van der Waals surface area contributed by atoms with Crippen molar-refractivity contribution in [3.63, 3.8) is 0 Å². The van der Waals surface area contributed by atoms with Gasteiger partial charge in [0.1, 0.15) is 102 Å². The molecule has 10 unspecified atom stereocenters. The number of nitrogen functional groups attached to an aromatic ring is 4. The molecule has 123 heavy (non-hydrogen) atoms. The van der Waals surface area contributed by atoms with E-state index in [9.17, 15) is 48.7 Å². The number of aromatic amines is 3. The summed E-state index contributed by atoms with van der Waals surface area (Å²) in [6, 6.07) is 0. The van der Waals surface area contributed by atoms with E-state index in [0.29, 0.717) is 5.56 Å². The third kappa shape index (κ3) is 18.0. The van der Waals surface area contributed by atoms with Crippen molar-refractivity contribution in [1.82, 2.24) is 77.7 Å². The lowest BCUT2D eigenvalue weighted by atomic mass is 9.94. The lowest BCUT2D eigenvalue weighted by Gasteiger charge is -2.37. The summed E-state index contributed by atoms with van der Waals surface area (Å²) in [5, 5.41) is 11.8. The van der Waals surface area contributed by atoms with Crippen LogP contribution in [-0.4, -0.2) is 292 Å². The number of imidazole rings is 3. The first-order valence-electron chi connectivity index (χ1n) is 37.7. The van der Waals surface area contributed by atoms with Crippen LogP contribution in [0.5, 0.6) is 0 Å². The number of aromatic nitrogens is 16. The number of hydrogen-bond donors (Lipinski definition) is 12. The topological polar surface area (TPSA) is 660 Å². The molecule has 7 aliphatic rings. The quantitative estimate of drug-likeness (QED) is 0.0147. The van der Waals surface area contributed by atoms with Gasteiger partial charge in [0, 0.05) is 44.8 Å². The molecular weight excluding hydrogens is 1800 g/mol. The van der Waals surface area contributed by atoms with Gasteiger partial charge >= 0.3 is 38.3 Å². The van der Waals surface area contributed by atoms with Crippen LogP contribution in [0.3, 0.4) is 0 Å². The van der Waals surface area contributed by atoms with Crippen molar-refractivity contribution in [3.05, 3.63) is 101 Å². The van der Waals surface area contributed by atoms with E-state index < -0.39 is 215 Å². The second-order valence-corrected chi connectivity index (χ2v) is 40.5. The van der Waals surface area contributed by atoms with E-state index in [1.807, 2.05) is 0 Å². The van der Waals surface area contributed by atoms with Crippen molar-refractivity contribution in [2.45, 2.75) is 175 Å². The number of aliphatic hydroxyl groups excluding tert-OH is 1. The van der Waals surface area contributed by atoms with E-state index in [0.717, 1.165) is 9.13 Å². The third-order valence-corrected chi connectivity index (χ3v) is 27.8. The summed E-state index contributed by atoms with van der Waals surface area (Å²) < 4.78 is 138. The third-order valence-electron chi connectivity index (χ3n) is 21.7. The number of ether oxygens (including phenoxy) is 13. The highest BCUT2D eigenvalue weighted by Gasteiger charge is 2.71. The summed E-state index contributed by atoms with van der Waals surface area (Å²) in [7, 11) is 4.27. The van der Waals surface area contributed by atoms with Crippen molar-refractivity contribution in [1.29, 1.82) is 0 Å². The van der Waals surface area contributed by atoms with E-state index in [2.05, 4.69) is 54.8 Å². The van der Waals surface area contributed by atoms with E-state index in [1.54, 1.807) is 20.8 Å². The van der Waals surface area contributed by atoms with Gasteiger partial charge in [0.15, 0.2) is 64.9 Å². The molecule has 7 saturated heterocycles. The zero-order valence-corrected chi connectivity index (χ0v) is 73.0. The van der Waals surface area contributed by atoms with Gasteiger partial charge in [-0.2, -0.15) is 15.0 Å². The fourth-order valence-electron chi connectivity index (χ4n) is 15.7. The lowest BCUT2D eigenvalue weighted by molar-refractivity contribution is -0.216. The fraction of sp³-hybridized carbons (Fsp3) is 0.641. The van der Waals surface area contributed by atoms with Crippen LogP contribution in [-0.2, 0) is 145 Å². The van der Waals surface area contributed by atoms with E-state index in [4.69, 9.17) is 168 Å². The number of aliphatic hydroxyl groups is 1. The smallest absolute Gasteiger partial charge is 0.351 e. The first-order chi connectivity index (χ1) is 58.4. The molecule has 15 rings (SSSR count). The van der Waals surface area contributed by atoms with Gasteiger partial charge in [-0.05, 0) is 81.3 Å². The van der Waals surface area contributed by atoms with E-state index in [-0.39, 0.29) is 109 Å². The maximum atomic E-state index is 13.8. The monoisotopic (exact) mass is 1880 g/mol. The first kappa shape index (κ1) is 91.3. The van der Waals surface area contributed by atoms with Crippen molar-refractivity contribution >= 4 is 131 Å². The van der Waals surface area contributed by atoms with Gasteiger partial charge in [-0.25, -0.2) is 34.5 Å². The van der Waals surface area contributed by atoms with Crippen LogP contribution in [0.4, 0.5) is 23.5 Å². The van der Waals surface area contributed by atoms with Crippen LogP contribution in [0.25, 0.3) is 33.5 Å². The standard InChI is InChI=1S/C64H88N20O31P4S4/c1-9-30-37(40(99-14-11-96-7)55(107-30)83-24-72-34-49(83)75-59(67)77-52(34)87)112-118(93,122)103-21-64-29(5)106-43(58(111-64)82-23-71-33-47(66)69-22-70-48(33)82)45(64)115-117(92,121)102-19-32-38(41(100-15-12-97-8)56(109-32)84-25-73-35-50(84)76-60(68)78-53(35)88)113-119(94,123)104-20-63-28(4)105-42(57(110-63)81-17-27(3)51(86)79-62(81)90)44(63)114-116(91,120)101-18-31-36(85)39(98-13-10-95-6)54(108-31)80-16-26(2)46(65)74-61(80)89/h16-17,22-25,28-32,36-45,54-58,85H,9-15,18-21H2,1-8H3,(H,91,120)(H,92,121)(H,93,122)(H,94,123)(H2,65,74,89)(H2,66,69,70)(H,79,86,90)(H3,67,75,77,87)(H3,68,76,78,88)/t28-,29-,30+,31+,32+,36-,37-,38-,39?,40?,41?,42?,43?,44+,45+,54+,55+,56+,57?,58+,63-,64-,116?,117?,118?,119?/m0/s1. The number of anilines is 4. The molecule has 0 saturated carbocycles. The van der Waals surface area contributed by atoms with Gasteiger partial charge < -0.3 is 127 Å². The molecular formula is C64H88N20O31P4S4. The van der Waals surface area contributed by atoms with Gasteiger partial charge in [0.2, 0.25) is 11.9 Å². The summed E-state index contributed by atoms with van der Waals surface area (Å²) in [6.45, 7) is -14.8. The summed E-state index contributed by atoms with van der Waals surface area (Å²) >= 11 is 23.3. The maximum absolute atomic E-state index is 13.8. The highest BCUT2D eigenvalue weighted by Crippen LogP contribution is 2.62. The first-order valence-corrected chi connectivity index (χ1v) is 48.1. The number of nitrogens with two attached hydrogens (primary N) is 4. The van der Waals surface area contributed by atoms with Crippen molar-refractivity contribution in [2.75, 3.05) is 110 Å². The average Bonchev–Trinajstić information content (AvgIpc) is 1.55. The Morgan fingerprint density at radius 2 is 0.919 bits per heavy atom. The number of aryl methyl sites for hydroxylation is 2. The lowest BCUT2D eigenvalue weighted by Crippen LogP contribution is -2.51. The Kier molecular flexibility index (Phi) is 26.9. The number of nitrogens with one attached hydrogen (secondary N) is 3. The predicted octanol–water partition coefficient (Wildman–Crippen LogP) is -2.01. The van der Waals surface area contributed by atoms with Gasteiger partial charge in [-0.15, -0.1) is 0 Å². The second kappa shape index (κ2) is 36.2. The summed E-state index contributed by atoms with van der Waals surface area (Å²) in [5.74, 6) is -0.614. The number of hydrogen-bond acceptors (Lipinski definition) is 43. The van der Waals surface area contributed by atoms with Crippen LogP contribution >= 0.6 is 26.9 Å². The van der Waals surface area contributed by atoms with Crippen LogP contribution in [0.1, 0.15) is 69.5 Å². The Morgan fingerprint density at radius 3 is 1.43 bits per heavy atom. The number of fused-ring (bicyclic) bond motifs is 7. The molecule has 7 fully saturated rings. The van der Waals surface area contributed by atoms with Crippen molar-refractivity contribution < 1.29 is 122 Å². The normalized spacial score (nSPS) is 32.5. The number of rotatable bonds is 38. The zero-order chi connectivity index (χ0) is 87.9. The van der Waals surface area contributed by atoms with Gasteiger partial charge in [-0.3, -0.25) is 70.3 Å². The molecule has 8 aromatic heterocycles. The molecule has 0 aliphatic carbocycles. The Hall–Kier alpha value is -6.43. The minimum absolute atomic E-state index is 0.000826. The molecule has 26 atom stereocenters. The van der Waals surface area contributed by atoms with Gasteiger partial charge in [0.05, 0.1) is 103 Å². The number of nitrogens with zero attached hydrogens (tertiary/aromatic N) is 13.